The molecule has 4 nitrogen and oxygen atoms in total. The van der Waals surface area contributed by atoms with Crippen molar-refractivity contribution in [2.24, 2.45) is 0 Å². The Bertz CT molecular complexity index is 506. The summed E-state index contributed by atoms with van der Waals surface area (Å²) in [6.07, 6.45) is 0.837. The smallest absolute Gasteiger partial charge is 0.464 e. The molecule has 0 saturated carbocycles. The Kier molecular flexibility index (Phi) is 6.99. The van der Waals surface area contributed by atoms with Gasteiger partial charge in [0.25, 0.3) is 0 Å². The first-order chi connectivity index (χ1) is 11.0. The summed E-state index contributed by atoms with van der Waals surface area (Å²) in [5.41, 5.74) is -0.735. The van der Waals surface area contributed by atoms with Gasteiger partial charge in [-0.2, -0.15) is 13.2 Å². The van der Waals surface area contributed by atoms with Gasteiger partial charge in [-0.15, -0.1) is 0 Å². The van der Waals surface area contributed by atoms with Crippen molar-refractivity contribution in [3.63, 3.8) is 0 Å². The molecule has 0 spiro atoms. The number of rotatable bonds is 4. The zero-order valence-electron chi connectivity index (χ0n) is 13.9. The summed E-state index contributed by atoms with van der Waals surface area (Å²) < 4.78 is 43.0. The first kappa shape index (κ1) is 19.6. The van der Waals surface area contributed by atoms with Gasteiger partial charge in [-0.1, -0.05) is 24.1 Å². The molecular weight excluding hydrogens is 314 g/mol. The summed E-state index contributed by atoms with van der Waals surface area (Å²) in [6, 6.07) is 3.29. The van der Waals surface area contributed by atoms with Crippen LogP contribution in [0.1, 0.15) is 31.2 Å². The molecule has 0 aromatic carbocycles. The molecule has 2 aliphatic heterocycles. The third kappa shape index (κ3) is 4.89. The van der Waals surface area contributed by atoms with Gasteiger partial charge in [-0.05, 0) is 38.8 Å². The van der Waals surface area contributed by atoms with Crippen molar-refractivity contribution in [2.45, 2.75) is 43.9 Å². The number of alkyl halides is 3. The number of ether oxygens (including phenoxy) is 1. The molecule has 8 heteroatoms. The van der Waals surface area contributed by atoms with E-state index in [0.29, 0.717) is 24.4 Å². The standard InChI is InChI=1S/C16H21F3N3O.Li/c17-16(18,19)12-3-4-15(20-10-12)21-11-14-2-1-7-22(14)13-5-8-23-9-6-13;/h3-4,10,13-14H,1-2,5-9,11H2;/q-1;+1/t14-;/m0./s1. The second-order valence-corrected chi connectivity index (χ2v) is 6.12. The van der Waals surface area contributed by atoms with E-state index in [0.717, 1.165) is 57.7 Å². The number of halogens is 3. The molecule has 3 rings (SSSR count). The number of likely N-dealkylation sites (tertiary alicyclic amines) is 1. The maximum absolute atomic E-state index is 12.5. The Balaban J connectivity index is 0.00000208. The molecule has 2 aliphatic rings. The Morgan fingerprint density at radius 2 is 1.96 bits per heavy atom. The second-order valence-electron chi connectivity index (χ2n) is 6.12. The van der Waals surface area contributed by atoms with Crippen LogP contribution in [-0.4, -0.2) is 48.3 Å². The van der Waals surface area contributed by atoms with Crippen molar-refractivity contribution >= 4 is 5.82 Å². The molecule has 128 valence electrons. The third-order valence-corrected chi connectivity index (χ3v) is 4.62. The van der Waals surface area contributed by atoms with Gasteiger partial charge in [0.1, 0.15) is 0 Å². The molecule has 0 radical (unpaired) electrons. The molecule has 1 atom stereocenters. The number of aromatic nitrogens is 1. The molecule has 1 aromatic rings. The third-order valence-electron chi connectivity index (χ3n) is 4.62. The van der Waals surface area contributed by atoms with E-state index < -0.39 is 11.7 Å². The molecule has 0 N–H and O–H groups in total. The fraction of sp³-hybridized carbons (Fsp3) is 0.688. The molecule has 0 bridgehead atoms. The summed E-state index contributed by atoms with van der Waals surface area (Å²) in [7, 11) is 0. The Labute approximate surface area is 152 Å². The Morgan fingerprint density at radius 3 is 2.58 bits per heavy atom. The Morgan fingerprint density at radius 1 is 1.21 bits per heavy atom. The average Bonchev–Trinajstić information content (AvgIpc) is 3.02. The van der Waals surface area contributed by atoms with Gasteiger partial charge < -0.3 is 15.0 Å². The predicted molar refractivity (Wildman–Crippen MR) is 80.7 cm³/mol. The fourth-order valence-electron chi connectivity index (χ4n) is 3.40. The summed E-state index contributed by atoms with van der Waals surface area (Å²) in [5.74, 6) is 0.372. The molecular formula is C16H21F3LiN3O. The van der Waals surface area contributed by atoms with E-state index in [9.17, 15) is 13.2 Å². The summed E-state index contributed by atoms with van der Waals surface area (Å²) in [4.78, 5) is 6.31. The number of hydrogen-bond acceptors (Lipinski definition) is 3. The van der Waals surface area contributed by atoms with Gasteiger partial charge in [-0.3, -0.25) is 4.90 Å². The fourth-order valence-corrected chi connectivity index (χ4v) is 3.40. The second kappa shape index (κ2) is 8.57. The maximum atomic E-state index is 12.5. The van der Waals surface area contributed by atoms with Gasteiger partial charge >= 0.3 is 25.0 Å². The van der Waals surface area contributed by atoms with Crippen molar-refractivity contribution in [3.8, 4) is 0 Å². The van der Waals surface area contributed by atoms with Gasteiger partial charge in [0.15, 0.2) is 0 Å². The number of hydrogen-bond donors (Lipinski definition) is 0. The van der Waals surface area contributed by atoms with Gasteiger partial charge in [-0.25, -0.2) is 0 Å². The molecule has 24 heavy (non-hydrogen) atoms. The first-order valence-electron chi connectivity index (χ1n) is 8.08. The van der Waals surface area contributed by atoms with E-state index in [1.807, 2.05) is 0 Å². The van der Waals surface area contributed by atoms with Crippen LogP contribution in [0.4, 0.5) is 19.0 Å². The minimum Gasteiger partial charge on any atom is -0.464 e. The summed E-state index contributed by atoms with van der Waals surface area (Å²) in [6.45, 7) is 3.29. The Hall–Kier alpha value is -0.743. The molecule has 0 aliphatic carbocycles. The van der Waals surface area contributed by atoms with E-state index >= 15 is 0 Å². The molecule has 2 saturated heterocycles. The van der Waals surface area contributed by atoms with Crippen LogP contribution < -0.4 is 18.9 Å². The van der Waals surface area contributed by atoms with Crippen LogP contribution in [0.15, 0.2) is 18.3 Å². The van der Waals surface area contributed by atoms with Crippen LogP contribution in [-0.2, 0) is 10.9 Å². The van der Waals surface area contributed by atoms with E-state index in [4.69, 9.17) is 4.74 Å². The predicted octanol–water partition coefficient (Wildman–Crippen LogP) is 0.753. The largest absolute Gasteiger partial charge is 1.00 e. The SMILES string of the molecule is FC(F)(F)c1ccc([N-]C[C@@H]2CCCN2C2CCOCC2)nc1.[Li+]. The van der Waals surface area contributed by atoms with Crippen LogP contribution in [0, 0.1) is 0 Å². The summed E-state index contributed by atoms with van der Waals surface area (Å²) in [5, 5.41) is 4.41. The van der Waals surface area contributed by atoms with Crippen LogP contribution >= 0.6 is 0 Å². The molecule has 1 aromatic heterocycles. The van der Waals surface area contributed by atoms with Crippen molar-refractivity contribution in [1.29, 1.82) is 0 Å². The monoisotopic (exact) mass is 335 g/mol. The van der Waals surface area contributed by atoms with Gasteiger partial charge in [0.2, 0.25) is 0 Å². The maximum Gasteiger partial charge on any atom is 1.00 e. The minimum atomic E-state index is -4.35. The number of nitrogens with zero attached hydrogens (tertiary/aromatic N) is 3. The molecule has 0 unspecified atom stereocenters. The first-order valence-corrected chi connectivity index (χ1v) is 8.08. The van der Waals surface area contributed by atoms with Crippen LogP contribution in [0.5, 0.6) is 0 Å². The van der Waals surface area contributed by atoms with E-state index in [-0.39, 0.29) is 18.9 Å². The normalized spacial score (nSPS) is 23.0. The van der Waals surface area contributed by atoms with E-state index in [2.05, 4.69) is 15.2 Å². The molecule has 0 amide bonds. The van der Waals surface area contributed by atoms with E-state index in [1.165, 1.54) is 6.07 Å². The van der Waals surface area contributed by atoms with Crippen LogP contribution in [0.3, 0.4) is 0 Å². The van der Waals surface area contributed by atoms with Crippen molar-refractivity contribution in [2.75, 3.05) is 26.3 Å². The average molecular weight is 335 g/mol. The van der Waals surface area contributed by atoms with Gasteiger partial charge in [0, 0.05) is 25.3 Å². The minimum absolute atomic E-state index is 0. The topological polar surface area (TPSA) is 39.5 Å². The quantitative estimate of drug-likeness (QED) is 0.763. The van der Waals surface area contributed by atoms with Crippen molar-refractivity contribution in [3.05, 3.63) is 29.2 Å². The molecule has 3 heterocycles. The zero-order valence-corrected chi connectivity index (χ0v) is 13.9. The van der Waals surface area contributed by atoms with E-state index in [1.54, 1.807) is 0 Å². The van der Waals surface area contributed by atoms with Crippen LogP contribution in [0.25, 0.3) is 5.32 Å². The van der Waals surface area contributed by atoms with Crippen LogP contribution in [0.2, 0.25) is 0 Å². The number of pyridine rings is 1. The molecule has 2 fully saturated rings. The van der Waals surface area contributed by atoms with Crippen molar-refractivity contribution < 1.29 is 36.8 Å². The van der Waals surface area contributed by atoms with Crippen molar-refractivity contribution in [1.82, 2.24) is 9.88 Å². The zero-order chi connectivity index (χ0) is 16.3. The van der Waals surface area contributed by atoms with Gasteiger partial charge in [0.05, 0.1) is 5.56 Å². The summed E-state index contributed by atoms with van der Waals surface area (Å²) >= 11 is 0.